The lowest BCUT2D eigenvalue weighted by Crippen LogP contribution is -2.42. The number of hydrogen-bond donors (Lipinski definition) is 3. The predicted molar refractivity (Wildman–Crippen MR) is 97.9 cm³/mol. The average molecular weight is 443 g/mol. The number of rotatable bonds is 4. The molecule has 0 spiro atoms. The molecule has 1 amide bonds. The molecule has 0 fully saturated rings. The van der Waals surface area contributed by atoms with Crippen LogP contribution in [0.4, 0.5) is 13.2 Å². The van der Waals surface area contributed by atoms with E-state index in [1.165, 1.54) is 24.3 Å². The Bertz CT molecular complexity index is 1320. The fourth-order valence-electron chi connectivity index (χ4n) is 2.59. The molecule has 2 aromatic carbocycles. The van der Waals surface area contributed by atoms with Crippen LogP contribution in [0.1, 0.15) is 0 Å². The topological polar surface area (TPSA) is 139 Å². The number of benzene rings is 2. The normalized spacial score (nSPS) is 12.1. The largest absolute Gasteiger partial charge is 0.516 e. The lowest BCUT2D eigenvalue weighted by Gasteiger charge is -2.13. The molecule has 3 N–H and O–H groups in total. The van der Waals surface area contributed by atoms with Crippen molar-refractivity contribution in [3.05, 3.63) is 52.8 Å². The zero-order valence-electron chi connectivity index (χ0n) is 14.7. The molecule has 1 aromatic heterocycles. The first kappa shape index (κ1) is 21.1. The molecule has 0 saturated carbocycles. The van der Waals surface area contributed by atoms with Gasteiger partial charge in [0.15, 0.2) is 11.5 Å². The summed E-state index contributed by atoms with van der Waals surface area (Å²) in [7, 11) is -5.95. The van der Waals surface area contributed by atoms with Gasteiger partial charge in [0.2, 0.25) is 0 Å². The van der Waals surface area contributed by atoms with Crippen LogP contribution in [0.15, 0.2) is 47.3 Å². The number of phenols is 2. The van der Waals surface area contributed by atoms with Gasteiger partial charge in [-0.25, -0.2) is 9.71 Å². The molecule has 0 unspecified atom stereocenters. The molecule has 0 aliphatic carbocycles. The molecular formula is C17H12F3N3O6S. The smallest absolute Gasteiger partial charge is 0.504 e. The van der Waals surface area contributed by atoms with Crippen LogP contribution >= 0.6 is 0 Å². The van der Waals surface area contributed by atoms with Crippen molar-refractivity contribution in [1.29, 1.82) is 0 Å². The van der Waals surface area contributed by atoms with Crippen LogP contribution in [-0.4, -0.2) is 39.6 Å². The maximum absolute atomic E-state index is 12.9. The second kappa shape index (κ2) is 7.33. The molecular weight excluding hydrogens is 431 g/mol. The highest BCUT2D eigenvalue weighted by molar-refractivity contribution is 7.90. The van der Waals surface area contributed by atoms with Crippen LogP contribution in [-0.2, 0) is 21.4 Å². The third-order valence-corrected chi connectivity index (χ3v) is 5.06. The number of nitrogens with one attached hydrogen (secondary N) is 1. The Morgan fingerprint density at radius 3 is 2.40 bits per heavy atom. The number of amides is 1. The second-order valence-electron chi connectivity index (χ2n) is 6.02. The predicted octanol–water partition coefficient (Wildman–Crippen LogP) is 1.44. The number of halogens is 3. The van der Waals surface area contributed by atoms with Crippen molar-refractivity contribution in [3.63, 3.8) is 0 Å². The lowest BCUT2D eigenvalue weighted by molar-refractivity contribution is -0.120. The van der Waals surface area contributed by atoms with Gasteiger partial charge in [-0.05, 0) is 30.3 Å². The van der Waals surface area contributed by atoms with Crippen LogP contribution in [0.3, 0.4) is 0 Å². The van der Waals surface area contributed by atoms with Gasteiger partial charge in [0.05, 0.1) is 11.0 Å². The van der Waals surface area contributed by atoms with E-state index in [1.54, 1.807) is 6.07 Å². The number of aromatic hydroxyl groups is 2. The van der Waals surface area contributed by atoms with E-state index >= 15 is 0 Å². The van der Waals surface area contributed by atoms with E-state index in [0.29, 0.717) is 0 Å². The van der Waals surface area contributed by atoms with Gasteiger partial charge in [-0.1, -0.05) is 12.1 Å². The highest BCUT2D eigenvalue weighted by atomic mass is 32.2. The van der Waals surface area contributed by atoms with E-state index in [1.807, 2.05) is 0 Å². The molecule has 0 radical (unpaired) electrons. The Balaban J connectivity index is 2.12. The van der Waals surface area contributed by atoms with E-state index in [4.69, 9.17) is 0 Å². The van der Waals surface area contributed by atoms with Gasteiger partial charge in [0.25, 0.3) is 11.5 Å². The van der Waals surface area contributed by atoms with Crippen molar-refractivity contribution in [2.75, 3.05) is 0 Å². The highest BCUT2D eigenvalue weighted by Crippen LogP contribution is 2.29. The van der Waals surface area contributed by atoms with E-state index in [9.17, 15) is 41.4 Å². The van der Waals surface area contributed by atoms with Gasteiger partial charge >= 0.3 is 15.5 Å². The Kier molecular flexibility index (Phi) is 5.16. The van der Waals surface area contributed by atoms with Crippen LogP contribution in [0.5, 0.6) is 11.5 Å². The van der Waals surface area contributed by atoms with E-state index in [2.05, 4.69) is 4.98 Å². The monoisotopic (exact) mass is 443 g/mol. The zero-order valence-corrected chi connectivity index (χ0v) is 15.5. The number of alkyl halides is 3. The van der Waals surface area contributed by atoms with Crippen LogP contribution in [0.25, 0.3) is 22.3 Å². The van der Waals surface area contributed by atoms with Gasteiger partial charge in [-0.15, -0.1) is 0 Å². The standard InChI is InChI=1S/C17H12F3N3O6S/c18-17(19,20)30(28,29)22-14(26)8-23-11-4-2-1-3-10(11)21-15(16(23)27)9-5-6-12(24)13(25)7-9/h1-7,24-25H,8H2,(H,22,26). The molecule has 9 nitrogen and oxygen atoms in total. The van der Waals surface area contributed by atoms with Crippen molar-refractivity contribution < 1.29 is 36.6 Å². The summed E-state index contributed by atoms with van der Waals surface area (Å²) in [4.78, 5) is 29.0. The first-order valence-electron chi connectivity index (χ1n) is 8.04. The number of carbonyl (C=O) groups excluding carboxylic acids is 1. The fraction of sp³-hybridized carbons (Fsp3) is 0.118. The van der Waals surface area contributed by atoms with Crippen molar-refractivity contribution in [2.45, 2.75) is 12.1 Å². The summed E-state index contributed by atoms with van der Waals surface area (Å²) in [5.74, 6) is -2.61. The number of nitrogens with zero attached hydrogens (tertiary/aromatic N) is 2. The van der Waals surface area contributed by atoms with Gasteiger partial charge < -0.3 is 10.2 Å². The molecule has 0 aliphatic rings. The summed E-state index contributed by atoms with van der Waals surface area (Å²) in [5.41, 5.74) is -6.63. The Hall–Kier alpha value is -3.61. The SMILES string of the molecule is O=C(Cn1c(=O)c(-c2ccc(O)c(O)c2)nc2ccccc21)NS(=O)(=O)C(F)(F)F. The number of phenolic OH excluding ortho intramolecular Hbond substituents is 2. The third-order valence-electron chi connectivity index (χ3n) is 3.96. The lowest BCUT2D eigenvalue weighted by atomic mass is 10.1. The third kappa shape index (κ3) is 3.91. The first-order chi connectivity index (χ1) is 13.9. The van der Waals surface area contributed by atoms with Gasteiger partial charge in [0.1, 0.15) is 12.2 Å². The molecule has 3 rings (SSSR count). The summed E-state index contributed by atoms with van der Waals surface area (Å²) in [5, 5.41) is 19.1. The van der Waals surface area contributed by atoms with Crippen molar-refractivity contribution in [1.82, 2.24) is 14.3 Å². The summed E-state index contributed by atoms with van der Waals surface area (Å²) >= 11 is 0. The van der Waals surface area contributed by atoms with E-state index in [-0.39, 0.29) is 22.3 Å². The van der Waals surface area contributed by atoms with Crippen LogP contribution < -0.4 is 10.3 Å². The van der Waals surface area contributed by atoms with Gasteiger partial charge in [-0.3, -0.25) is 14.2 Å². The summed E-state index contributed by atoms with van der Waals surface area (Å²) in [6, 6.07) is 9.24. The van der Waals surface area contributed by atoms with Gasteiger partial charge in [0, 0.05) is 5.56 Å². The first-order valence-corrected chi connectivity index (χ1v) is 9.53. The minimum Gasteiger partial charge on any atom is -0.504 e. The molecule has 0 bridgehead atoms. The molecule has 3 aromatic rings. The number of carbonyl (C=O) groups is 1. The minimum absolute atomic E-state index is 0.0538. The van der Waals surface area contributed by atoms with Crippen molar-refractivity contribution in [3.8, 4) is 22.8 Å². The Morgan fingerprint density at radius 2 is 1.77 bits per heavy atom. The summed E-state index contributed by atoms with van der Waals surface area (Å²) < 4.78 is 61.4. The van der Waals surface area contributed by atoms with E-state index in [0.717, 1.165) is 21.4 Å². The van der Waals surface area contributed by atoms with E-state index < -0.39 is 45.0 Å². The number of hydrogen-bond acceptors (Lipinski definition) is 7. The number of para-hydroxylation sites is 2. The summed E-state index contributed by atoms with van der Waals surface area (Å²) in [6.07, 6.45) is 0. The number of fused-ring (bicyclic) bond motifs is 1. The molecule has 30 heavy (non-hydrogen) atoms. The summed E-state index contributed by atoms with van der Waals surface area (Å²) in [6.45, 7) is -1.05. The molecule has 0 saturated heterocycles. The van der Waals surface area contributed by atoms with Crippen molar-refractivity contribution in [2.24, 2.45) is 0 Å². The average Bonchev–Trinajstić information content (AvgIpc) is 2.65. The number of aromatic nitrogens is 2. The molecule has 0 aliphatic heterocycles. The Morgan fingerprint density at radius 1 is 1.10 bits per heavy atom. The molecule has 13 heteroatoms. The van der Waals surface area contributed by atoms with Gasteiger partial charge in [-0.2, -0.15) is 21.6 Å². The van der Waals surface area contributed by atoms with Crippen LogP contribution in [0, 0.1) is 0 Å². The molecule has 0 atom stereocenters. The fourth-order valence-corrected chi connectivity index (χ4v) is 3.07. The second-order valence-corrected chi connectivity index (χ2v) is 7.69. The van der Waals surface area contributed by atoms with Crippen LogP contribution in [0.2, 0.25) is 0 Å². The Labute approximate surface area is 166 Å². The maximum atomic E-state index is 12.9. The molecule has 1 heterocycles. The van der Waals surface area contributed by atoms with Crippen molar-refractivity contribution >= 4 is 27.0 Å². The molecule has 158 valence electrons. The minimum atomic E-state index is -5.95. The number of sulfonamides is 1. The highest BCUT2D eigenvalue weighted by Gasteiger charge is 2.47. The quantitative estimate of drug-likeness (QED) is 0.519. The maximum Gasteiger partial charge on any atom is 0.516 e. The zero-order chi connectivity index (χ0) is 22.3.